The van der Waals surface area contributed by atoms with Crippen LogP contribution in [0.2, 0.25) is 0 Å². The zero-order chi connectivity index (χ0) is 21.1. The number of carbonyl (C=O) groups excluding carboxylic acids is 1. The Balaban J connectivity index is 1.40. The zero-order valence-electron chi connectivity index (χ0n) is 17.3. The first-order chi connectivity index (χ1) is 14.5. The number of nitrogens with one attached hydrogen (secondary N) is 1. The van der Waals surface area contributed by atoms with Crippen molar-refractivity contribution in [3.63, 3.8) is 0 Å². The predicted molar refractivity (Wildman–Crippen MR) is 121 cm³/mol. The number of amides is 1. The number of hydrogen-bond acceptors (Lipinski definition) is 4. The molecule has 2 aromatic carbocycles. The van der Waals surface area contributed by atoms with E-state index in [0.29, 0.717) is 30.8 Å². The summed E-state index contributed by atoms with van der Waals surface area (Å²) >= 11 is 1.59. The SMILES string of the molecule is CSc1ccccc1NC(=O)C1CCN(S(=O)(=O)c2ccc3c(c2)CCCC3)CC1. The Morgan fingerprint density at radius 3 is 2.47 bits per heavy atom. The summed E-state index contributed by atoms with van der Waals surface area (Å²) in [6.45, 7) is 0.753. The maximum atomic E-state index is 13.1. The van der Waals surface area contributed by atoms with E-state index in [0.717, 1.165) is 29.8 Å². The molecule has 1 heterocycles. The Hall–Kier alpha value is -1.83. The van der Waals surface area contributed by atoms with Crippen LogP contribution in [0.5, 0.6) is 0 Å². The predicted octanol–water partition coefficient (Wildman–Crippen LogP) is 4.33. The molecule has 30 heavy (non-hydrogen) atoms. The molecule has 4 rings (SSSR count). The monoisotopic (exact) mass is 444 g/mol. The molecule has 0 radical (unpaired) electrons. The molecule has 0 bridgehead atoms. The molecule has 0 atom stereocenters. The van der Waals surface area contributed by atoms with Gasteiger partial charge in [0.15, 0.2) is 0 Å². The molecule has 0 unspecified atom stereocenters. The largest absolute Gasteiger partial charge is 0.325 e. The Morgan fingerprint density at radius 2 is 1.73 bits per heavy atom. The second kappa shape index (κ2) is 9.12. The van der Waals surface area contributed by atoms with E-state index in [2.05, 4.69) is 5.32 Å². The summed E-state index contributed by atoms with van der Waals surface area (Å²) in [6, 6.07) is 13.3. The van der Waals surface area contributed by atoms with E-state index in [1.54, 1.807) is 17.8 Å². The minimum Gasteiger partial charge on any atom is -0.325 e. The molecule has 0 aromatic heterocycles. The highest BCUT2D eigenvalue weighted by Crippen LogP contribution is 2.30. The summed E-state index contributed by atoms with van der Waals surface area (Å²) in [5.74, 6) is -0.197. The van der Waals surface area contributed by atoms with E-state index in [1.165, 1.54) is 21.9 Å². The van der Waals surface area contributed by atoms with E-state index in [9.17, 15) is 13.2 Å². The van der Waals surface area contributed by atoms with Gasteiger partial charge in [-0.05, 0) is 80.2 Å². The number of thioether (sulfide) groups is 1. The van der Waals surface area contributed by atoms with Crippen molar-refractivity contribution >= 4 is 33.4 Å². The molecule has 1 amide bonds. The summed E-state index contributed by atoms with van der Waals surface area (Å²) in [5.41, 5.74) is 3.27. The third kappa shape index (κ3) is 4.43. The highest BCUT2D eigenvalue weighted by molar-refractivity contribution is 7.98. The number of nitrogens with zero attached hydrogens (tertiary/aromatic N) is 1. The molecule has 1 fully saturated rings. The molecule has 160 valence electrons. The number of rotatable bonds is 5. The lowest BCUT2D eigenvalue weighted by molar-refractivity contribution is -0.120. The molecule has 0 saturated carbocycles. The summed E-state index contributed by atoms with van der Waals surface area (Å²) in [4.78, 5) is 14.1. The van der Waals surface area contributed by atoms with Crippen molar-refractivity contribution in [1.29, 1.82) is 0 Å². The molecule has 1 aliphatic heterocycles. The van der Waals surface area contributed by atoms with E-state index in [4.69, 9.17) is 0 Å². The van der Waals surface area contributed by atoms with Crippen LogP contribution in [0.15, 0.2) is 52.3 Å². The quantitative estimate of drug-likeness (QED) is 0.697. The van der Waals surface area contributed by atoms with Gasteiger partial charge in [0.05, 0.1) is 10.6 Å². The Kier molecular flexibility index (Phi) is 6.51. The van der Waals surface area contributed by atoms with Gasteiger partial charge < -0.3 is 5.32 Å². The maximum absolute atomic E-state index is 13.1. The van der Waals surface area contributed by atoms with E-state index < -0.39 is 10.0 Å². The number of carbonyl (C=O) groups is 1. The molecule has 7 heteroatoms. The second-order valence-corrected chi connectivity index (χ2v) is 10.8. The van der Waals surface area contributed by atoms with Gasteiger partial charge in [-0.25, -0.2) is 8.42 Å². The van der Waals surface area contributed by atoms with Crippen molar-refractivity contribution in [1.82, 2.24) is 4.31 Å². The van der Waals surface area contributed by atoms with Gasteiger partial charge in [0.2, 0.25) is 15.9 Å². The number of benzene rings is 2. The molecule has 2 aliphatic rings. The van der Waals surface area contributed by atoms with E-state index in [-0.39, 0.29) is 11.8 Å². The fourth-order valence-corrected chi connectivity index (χ4v) is 6.43. The van der Waals surface area contributed by atoms with Crippen LogP contribution < -0.4 is 5.32 Å². The summed E-state index contributed by atoms with van der Waals surface area (Å²) in [7, 11) is -3.52. The van der Waals surface area contributed by atoms with Crippen LogP contribution >= 0.6 is 11.8 Å². The van der Waals surface area contributed by atoms with Gasteiger partial charge in [0.1, 0.15) is 0 Å². The lowest BCUT2D eigenvalue weighted by Gasteiger charge is -2.31. The first-order valence-electron chi connectivity index (χ1n) is 10.5. The van der Waals surface area contributed by atoms with Gasteiger partial charge in [-0.3, -0.25) is 4.79 Å². The molecular formula is C23H28N2O3S2. The third-order valence-electron chi connectivity index (χ3n) is 6.15. The highest BCUT2D eigenvalue weighted by Gasteiger charge is 2.32. The summed E-state index contributed by atoms with van der Waals surface area (Å²) < 4.78 is 27.8. The summed E-state index contributed by atoms with van der Waals surface area (Å²) in [6.07, 6.45) is 7.35. The number of hydrogen-bond donors (Lipinski definition) is 1. The van der Waals surface area contributed by atoms with Crippen molar-refractivity contribution in [2.24, 2.45) is 5.92 Å². The molecule has 0 spiro atoms. The number of aryl methyl sites for hydroxylation is 2. The fraction of sp³-hybridized carbons (Fsp3) is 0.435. The minimum absolute atomic E-state index is 0.0256. The van der Waals surface area contributed by atoms with Gasteiger partial charge in [0, 0.05) is 23.9 Å². The van der Waals surface area contributed by atoms with Crippen LogP contribution in [0.4, 0.5) is 5.69 Å². The number of para-hydroxylation sites is 1. The number of piperidine rings is 1. The second-order valence-electron chi connectivity index (χ2n) is 8.01. The van der Waals surface area contributed by atoms with Crippen molar-refractivity contribution in [2.75, 3.05) is 24.7 Å². The van der Waals surface area contributed by atoms with Crippen molar-refractivity contribution in [3.05, 3.63) is 53.6 Å². The zero-order valence-corrected chi connectivity index (χ0v) is 18.9. The molecule has 1 N–H and O–H groups in total. The molecular weight excluding hydrogens is 416 g/mol. The molecule has 2 aromatic rings. The van der Waals surface area contributed by atoms with Crippen LogP contribution in [0.3, 0.4) is 0 Å². The molecule has 5 nitrogen and oxygen atoms in total. The van der Waals surface area contributed by atoms with Crippen LogP contribution in [0.25, 0.3) is 0 Å². The van der Waals surface area contributed by atoms with Crippen molar-refractivity contribution in [3.8, 4) is 0 Å². The first kappa shape index (κ1) is 21.4. The van der Waals surface area contributed by atoms with Crippen LogP contribution in [0, 0.1) is 5.92 Å². The van der Waals surface area contributed by atoms with Gasteiger partial charge in [-0.15, -0.1) is 11.8 Å². The molecule has 1 aliphatic carbocycles. The first-order valence-corrected chi connectivity index (χ1v) is 13.2. The van der Waals surface area contributed by atoms with Gasteiger partial charge >= 0.3 is 0 Å². The lowest BCUT2D eigenvalue weighted by atomic mass is 9.92. The Labute approximate surface area is 183 Å². The van der Waals surface area contributed by atoms with Crippen LogP contribution in [0.1, 0.15) is 36.8 Å². The fourth-order valence-electron chi connectivity index (χ4n) is 4.36. The summed E-state index contributed by atoms with van der Waals surface area (Å²) in [5, 5.41) is 3.02. The van der Waals surface area contributed by atoms with Crippen LogP contribution in [-0.2, 0) is 27.7 Å². The number of fused-ring (bicyclic) bond motifs is 1. The smallest absolute Gasteiger partial charge is 0.243 e. The average molecular weight is 445 g/mol. The van der Waals surface area contributed by atoms with E-state index in [1.807, 2.05) is 42.7 Å². The number of sulfonamides is 1. The van der Waals surface area contributed by atoms with Crippen LogP contribution in [-0.4, -0.2) is 38.0 Å². The topological polar surface area (TPSA) is 66.5 Å². The molecule has 1 saturated heterocycles. The lowest BCUT2D eigenvalue weighted by Crippen LogP contribution is -2.41. The maximum Gasteiger partial charge on any atom is 0.243 e. The van der Waals surface area contributed by atoms with Gasteiger partial charge in [-0.1, -0.05) is 18.2 Å². The average Bonchev–Trinajstić information content (AvgIpc) is 2.79. The number of anilines is 1. The third-order valence-corrected chi connectivity index (χ3v) is 8.84. The van der Waals surface area contributed by atoms with Gasteiger partial charge in [0.25, 0.3) is 0 Å². The standard InChI is InChI=1S/C23H28N2O3S2/c1-29-22-9-5-4-8-21(22)24-23(26)18-12-14-25(15-13-18)30(27,28)20-11-10-17-6-2-3-7-19(17)16-20/h4-5,8-11,16,18H,2-3,6-7,12-15H2,1H3,(H,24,26). The van der Waals surface area contributed by atoms with Gasteiger partial charge in [-0.2, -0.15) is 4.31 Å². The Bertz CT molecular complexity index is 1030. The van der Waals surface area contributed by atoms with Crippen molar-refractivity contribution in [2.45, 2.75) is 48.3 Å². The minimum atomic E-state index is -3.52. The van der Waals surface area contributed by atoms with E-state index >= 15 is 0 Å². The normalized spacial score (nSPS) is 18.0. The highest BCUT2D eigenvalue weighted by atomic mass is 32.2. The van der Waals surface area contributed by atoms with Crippen molar-refractivity contribution < 1.29 is 13.2 Å². The Morgan fingerprint density at radius 1 is 1.03 bits per heavy atom.